The van der Waals surface area contributed by atoms with Gasteiger partial charge in [-0.3, -0.25) is 25.2 Å². The van der Waals surface area contributed by atoms with Crippen molar-refractivity contribution in [2.45, 2.75) is 19.9 Å². The van der Waals surface area contributed by atoms with Gasteiger partial charge >= 0.3 is 0 Å². The third kappa shape index (κ3) is 3.08. The lowest BCUT2D eigenvalue weighted by Gasteiger charge is -2.13. The molecule has 2 aromatic heterocycles. The highest BCUT2D eigenvalue weighted by atomic mass is 16.2. The largest absolute Gasteiger partial charge is 0.347 e. The zero-order chi connectivity index (χ0) is 18.8. The van der Waals surface area contributed by atoms with Crippen LogP contribution in [0.25, 0.3) is 10.8 Å². The Balaban J connectivity index is 1.93. The summed E-state index contributed by atoms with van der Waals surface area (Å²) in [6, 6.07) is 9.91. The molecule has 2 amide bonds. The second kappa shape index (κ2) is 6.83. The van der Waals surface area contributed by atoms with Gasteiger partial charge in [0.05, 0.1) is 11.4 Å². The topological polar surface area (TPSA) is 98.0 Å². The summed E-state index contributed by atoms with van der Waals surface area (Å²) in [4.78, 5) is 37.2. The molecule has 0 bridgehead atoms. The Hall–Kier alpha value is -3.42. The molecule has 2 N–H and O–H groups in total. The molecule has 0 aliphatic rings. The van der Waals surface area contributed by atoms with Crippen LogP contribution in [-0.2, 0) is 7.05 Å². The minimum atomic E-state index is -0.599. The van der Waals surface area contributed by atoms with Crippen LogP contribution in [0.1, 0.15) is 40.9 Å². The number of carbonyl (C=O) groups is 2. The maximum atomic E-state index is 12.6. The van der Waals surface area contributed by atoms with Crippen molar-refractivity contribution in [3.8, 4) is 0 Å². The van der Waals surface area contributed by atoms with Gasteiger partial charge in [-0.05, 0) is 32.0 Å². The number of hydrazine groups is 1. The Morgan fingerprint density at radius 3 is 2.27 bits per heavy atom. The average Bonchev–Trinajstić information content (AvgIpc) is 3.05. The highest BCUT2D eigenvalue weighted by Gasteiger charge is 2.18. The molecule has 2 heterocycles. The summed E-state index contributed by atoms with van der Waals surface area (Å²) in [7, 11) is 1.73. The number of carbonyl (C=O) groups excluding carboxylic acids is 2. The van der Waals surface area contributed by atoms with E-state index in [4.69, 9.17) is 0 Å². The van der Waals surface area contributed by atoms with Crippen molar-refractivity contribution in [1.29, 1.82) is 0 Å². The first-order chi connectivity index (χ1) is 12.4. The molecular formula is C18H19N5O3. The standard InChI is InChI=1S/C18H19N5O3/c1-11(2)23-18(26)13-8-5-4-7-12(13)15(21-23)17(25)20-19-16(24)14-9-6-10-22(14)3/h4-11H,1-3H3,(H,19,24)(H,20,25). The summed E-state index contributed by atoms with van der Waals surface area (Å²) >= 11 is 0. The number of hydrogen-bond acceptors (Lipinski definition) is 4. The molecule has 0 fully saturated rings. The van der Waals surface area contributed by atoms with Crippen molar-refractivity contribution in [3.63, 3.8) is 0 Å². The van der Waals surface area contributed by atoms with Crippen molar-refractivity contribution in [3.05, 3.63) is 64.3 Å². The lowest BCUT2D eigenvalue weighted by atomic mass is 10.1. The van der Waals surface area contributed by atoms with E-state index in [-0.39, 0.29) is 17.3 Å². The predicted octanol–water partition coefficient (Wildman–Crippen LogP) is 1.39. The number of benzene rings is 1. The van der Waals surface area contributed by atoms with Crippen molar-refractivity contribution in [2.75, 3.05) is 0 Å². The van der Waals surface area contributed by atoms with E-state index in [0.717, 1.165) is 0 Å². The lowest BCUT2D eigenvalue weighted by Crippen LogP contribution is -2.43. The first-order valence-corrected chi connectivity index (χ1v) is 8.13. The van der Waals surface area contributed by atoms with Crippen molar-refractivity contribution in [2.24, 2.45) is 7.05 Å². The Labute approximate surface area is 149 Å². The Morgan fingerprint density at radius 2 is 1.65 bits per heavy atom. The zero-order valence-corrected chi connectivity index (χ0v) is 14.7. The van der Waals surface area contributed by atoms with Crippen molar-refractivity contribution < 1.29 is 9.59 Å². The van der Waals surface area contributed by atoms with Crippen molar-refractivity contribution in [1.82, 2.24) is 25.2 Å². The van der Waals surface area contributed by atoms with E-state index in [0.29, 0.717) is 16.5 Å². The van der Waals surface area contributed by atoms with Gasteiger partial charge in [0.15, 0.2) is 5.69 Å². The number of rotatable bonds is 3. The molecule has 1 aromatic carbocycles. The fourth-order valence-corrected chi connectivity index (χ4v) is 2.66. The molecule has 3 aromatic rings. The van der Waals surface area contributed by atoms with Gasteiger partial charge in [0, 0.05) is 18.6 Å². The minimum Gasteiger partial charge on any atom is -0.347 e. The highest BCUT2D eigenvalue weighted by molar-refractivity contribution is 6.05. The SMILES string of the molecule is CC(C)n1nc(C(=O)NNC(=O)c2cccn2C)c2ccccc2c1=O. The molecule has 8 heteroatoms. The van der Waals surface area contributed by atoms with Crippen LogP contribution in [0.3, 0.4) is 0 Å². The number of amides is 2. The normalized spacial score (nSPS) is 10.9. The molecule has 0 saturated heterocycles. The minimum absolute atomic E-state index is 0.0704. The molecule has 0 atom stereocenters. The van der Waals surface area contributed by atoms with Gasteiger partial charge in [0.2, 0.25) is 0 Å². The zero-order valence-electron chi connectivity index (χ0n) is 14.7. The van der Waals surface area contributed by atoms with E-state index >= 15 is 0 Å². The molecule has 0 radical (unpaired) electrons. The van der Waals surface area contributed by atoms with Gasteiger partial charge in [0.25, 0.3) is 17.4 Å². The fourth-order valence-electron chi connectivity index (χ4n) is 2.66. The Morgan fingerprint density at radius 1 is 1.00 bits per heavy atom. The summed E-state index contributed by atoms with van der Waals surface area (Å²) in [5.74, 6) is -1.05. The number of hydrogen-bond donors (Lipinski definition) is 2. The maximum absolute atomic E-state index is 12.6. The van der Waals surface area contributed by atoms with Crippen molar-refractivity contribution >= 4 is 22.6 Å². The van der Waals surface area contributed by atoms with E-state index in [9.17, 15) is 14.4 Å². The van der Waals surface area contributed by atoms with E-state index in [1.54, 1.807) is 54.2 Å². The smallest absolute Gasteiger partial charge is 0.290 e. The second-order valence-electron chi connectivity index (χ2n) is 6.15. The van der Waals surface area contributed by atoms with Crippen LogP contribution in [-0.4, -0.2) is 26.2 Å². The molecule has 0 spiro atoms. The van der Waals surface area contributed by atoms with Gasteiger partial charge in [-0.2, -0.15) is 5.10 Å². The molecule has 134 valence electrons. The third-order valence-corrected chi connectivity index (χ3v) is 4.00. The summed E-state index contributed by atoms with van der Waals surface area (Å²) in [6.07, 6.45) is 1.73. The molecule has 8 nitrogen and oxygen atoms in total. The number of aromatic nitrogens is 3. The summed E-state index contributed by atoms with van der Waals surface area (Å²) < 4.78 is 2.89. The fraction of sp³-hybridized carbons (Fsp3) is 0.222. The molecule has 0 saturated carbocycles. The number of fused-ring (bicyclic) bond motifs is 1. The van der Waals surface area contributed by atoms with Crippen LogP contribution >= 0.6 is 0 Å². The van der Waals surface area contributed by atoms with E-state index in [2.05, 4.69) is 16.0 Å². The predicted molar refractivity (Wildman–Crippen MR) is 96.7 cm³/mol. The lowest BCUT2D eigenvalue weighted by molar-refractivity contribution is 0.0839. The van der Waals surface area contributed by atoms with E-state index in [1.807, 2.05) is 13.8 Å². The number of aryl methyl sites for hydroxylation is 1. The van der Waals surface area contributed by atoms with Gasteiger partial charge in [-0.15, -0.1) is 0 Å². The third-order valence-electron chi connectivity index (χ3n) is 4.00. The first kappa shape index (κ1) is 17.4. The highest BCUT2D eigenvalue weighted by Crippen LogP contribution is 2.14. The quantitative estimate of drug-likeness (QED) is 0.695. The first-order valence-electron chi connectivity index (χ1n) is 8.13. The molecule has 0 aliphatic heterocycles. The van der Waals surface area contributed by atoms with Crippen LogP contribution in [0.5, 0.6) is 0 Å². The van der Waals surface area contributed by atoms with E-state index < -0.39 is 11.8 Å². The van der Waals surface area contributed by atoms with Crippen LogP contribution in [0.2, 0.25) is 0 Å². The Bertz CT molecular complexity index is 1050. The molecule has 0 aliphatic carbocycles. The van der Waals surface area contributed by atoms with Gasteiger partial charge in [0.1, 0.15) is 5.69 Å². The molecular weight excluding hydrogens is 334 g/mol. The number of nitrogens with zero attached hydrogens (tertiary/aromatic N) is 3. The maximum Gasteiger partial charge on any atom is 0.290 e. The second-order valence-corrected chi connectivity index (χ2v) is 6.15. The van der Waals surface area contributed by atoms with Gasteiger partial charge in [-0.1, -0.05) is 18.2 Å². The van der Waals surface area contributed by atoms with Gasteiger partial charge < -0.3 is 4.57 Å². The average molecular weight is 353 g/mol. The molecule has 26 heavy (non-hydrogen) atoms. The summed E-state index contributed by atoms with van der Waals surface area (Å²) in [5, 5.41) is 5.02. The van der Waals surface area contributed by atoms with Crippen LogP contribution < -0.4 is 16.4 Å². The Kier molecular flexibility index (Phi) is 4.57. The summed E-state index contributed by atoms with van der Waals surface area (Å²) in [6.45, 7) is 3.62. The summed E-state index contributed by atoms with van der Waals surface area (Å²) in [5.41, 5.74) is 4.93. The molecule has 0 unspecified atom stereocenters. The number of nitrogens with one attached hydrogen (secondary N) is 2. The van der Waals surface area contributed by atoms with Crippen LogP contribution in [0.4, 0.5) is 0 Å². The monoisotopic (exact) mass is 353 g/mol. The van der Waals surface area contributed by atoms with Gasteiger partial charge in [-0.25, -0.2) is 4.68 Å². The van der Waals surface area contributed by atoms with Crippen LogP contribution in [0.15, 0.2) is 47.4 Å². The van der Waals surface area contributed by atoms with E-state index in [1.165, 1.54) is 4.68 Å². The van der Waals surface area contributed by atoms with Crippen LogP contribution in [0, 0.1) is 0 Å². The molecule has 3 rings (SSSR count).